The van der Waals surface area contributed by atoms with Crippen LogP contribution in [-0.2, 0) is 0 Å². The van der Waals surface area contributed by atoms with Gasteiger partial charge < -0.3 is 9.32 Å². The molecule has 2 aromatic heterocycles. The topological polar surface area (TPSA) is 72.1 Å². The van der Waals surface area contributed by atoms with Crippen LogP contribution in [0.1, 0.15) is 41.9 Å². The second-order valence-electron chi connectivity index (χ2n) is 7.87. The number of rotatable bonds is 4. The molecule has 0 radical (unpaired) electrons. The van der Waals surface area contributed by atoms with Gasteiger partial charge in [0.15, 0.2) is 23.6 Å². The summed E-state index contributed by atoms with van der Waals surface area (Å²) in [5.74, 6) is 0.855. The first-order chi connectivity index (χ1) is 15.1. The number of carbonyl (C=O) groups excluding carboxylic acids is 1. The second kappa shape index (κ2) is 7.91. The zero-order valence-corrected chi connectivity index (χ0v) is 17.0. The zero-order valence-electron chi connectivity index (χ0n) is 17.0. The Labute approximate surface area is 178 Å². The van der Waals surface area contributed by atoms with Gasteiger partial charge in [-0.2, -0.15) is 0 Å². The van der Waals surface area contributed by atoms with E-state index in [0.29, 0.717) is 34.9 Å². The maximum atomic E-state index is 13.6. The minimum atomic E-state index is -0.329. The minimum absolute atomic E-state index is 0.0519. The summed E-state index contributed by atoms with van der Waals surface area (Å²) < 4.78 is 19.5. The summed E-state index contributed by atoms with van der Waals surface area (Å²) in [5, 5.41) is 0. The summed E-state index contributed by atoms with van der Waals surface area (Å²) >= 11 is 0. The van der Waals surface area contributed by atoms with Gasteiger partial charge in [0.2, 0.25) is 0 Å². The molecule has 5 rings (SSSR count). The predicted octanol–water partition coefficient (Wildman–Crippen LogP) is 5.01. The molecule has 6 nitrogen and oxygen atoms in total. The fourth-order valence-electron chi connectivity index (χ4n) is 4.30. The van der Waals surface area contributed by atoms with E-state index in [1.807, 2.05) is 12.1 Å². The average Bonchev–Trinajstić information content (AvgIpc) is 3.22. The Morgan fingerprint density at radius 2 is 1.97 bits per heavy atom. The lowest BCUT2D eigenvalue weighted by Gasteiger charge is -2.39. The molecule has 0 amide bonds. The normalized spacial score (nSPS) is 19.0. The van der Waals surface area contributed by atoms with Crippen LogP contribution in [0.4, 0.5) is 10.1 Å². The van der Waals surface area contributed by atoms with Gasteiger partial charge in [0.1, 0.15) is 11.3 Å². The molecule has 0 spiro atoms. The van der Waals surface area contributed by atoms with Gasteiger partial charge >= 0.3 is 0 Å². The molecule has 1 aliphatic heterocycles. The predicted molar refractivity (Wildman–Crippen MR) is 116 cm³/mol. The molecule has 0 aliphatic carbocycles. The first-order valence-electron chi connectivity index (χ1n) is 10.3. The van der Waals surface area contributed by atoms with Crippen LogP contribution in [0.25, 0.3) is 22.5 Å². The maximum Gasteiger partial charge on any atom is 0.200 e. The van der Waals surface area contributed by atoms with Crippen LogP contribution in [0.15, 0.2) is 59.3 Å². The largest absolute Gasteiger partial charge is 0.440 e. The van der Waals surface area contributed by atoms with Crippen molar-refractivity contribution >= 4 is 23.1 Å². The molecule has 3 heterocycles. The van der Waals surface area contributed by atoms with E-state index in [2.05, 4.69) is 26.8 Å². The fraction of sp³-hybridized carbons (Fsp3) is 0.250. The van der Waals surface area contributed by atoms with Crippen LogP contribution < -0.4 is 4.90 Å². The van der Waals surface area contributed by atoms with Crippen molar-refractivity contribution in [2.45, 2.75) is 31.7 Å². The molecule has 156 valence electrons. The summed E-state index contributed by atoms with van der Waals surface area (Å²) in [6, 6.07) is 12.0. The van der Waals surface area contributed by atoms with Crippen molar-refractivity contribution in [2.24, 2.45) is 0 Å². The smallest absolute Gasteiger partial charge is 0.200 e. The van der Waals surface area contributed by atoms with Crippen molar-refractivity contribution in [2.75, 3.05) is 11.4 Å². The quantitative estimate of drug-likeness (QED) is 0.436. The van der Waals surface area contributed by atoms with E-state index in [1.54, 1.807) is 30.6 Å². The molecule has 0 saturated carbocycles. The van der Waals surface area contributed by atoms with Crippen molar-refractivity contribution in [1.29, 1.82) is 0 Å². The highest BCUT2D eigenvalue weighted by molar-refractivity contribution is 5.92. The molecule has 1 fully saturated rings. The number of hydrogen-bond acceptors (Lipinski definition) is 6. The lowest BCUT2D eigenvalue weighted by atomic mass is 9.91. The number of hydrogen-bond donors (Lipinski definition) is 0. The Morgan fingerprint density at radius 3 is 2.77 bits per heavy atom. The van der Waals surface area contributed by atoms with Gasteiger partial charge in [0, 0.05) is 42.3 Å². The van der Waals surface area contributed by atoms with E-state index in [-0.39, 0.29) is 17.8 Å². The second-order valence-corrected chi connectivity index (χ2v) is 7.87. The van der Waals surface area contributed by atoms with Crippen molar-refractivity contribution in [3.8, 4) is 11.4 Å². The molecule has 1 aliphatic rings. The van der Waals surface area contributed by atoms with Gasteiger partial charge in [-0.25, -0.2) is 19.3 Å². The van der Waals surface area contributed by atoms with Crippen molar-refractivity contribution in [3.63, 3.8) is 0 Å². The zero-order chi connectivity index (χ0) is 21.4. The van der Waals surface area contributed by atoms with E-state index in [1.165, 1.54) is 12.1 Å². The van der Waals surface area contributed by atoms with Crippen LogP contribution in [-0.4, -0.2) is 33.8 Å². The van der Waals surface area contributed by atoms with E-state index in [0.717, 1.165) is 30.4 Å². The minimum Gasteiger partial charge on any atom is -0.440 e. The monoisotopic (exact) mass is 416 g/mol. The molecule has 2 aromatic carbocycles. The van der Waals surface area contributed by atoms with E-state index >= 15 is 0 Å². The average molecular weight is 416 g/mol. The number of aldehydes is 1. The third kappa shape index (κ3) is 3.56. The lowest BCUT2D eigenvalue weighted by molar-refractivity contribution is 0.112. The van der Waals surface area contributed by atoms with E-state index in [4.69, 9.17) is 4.42 Å². The first-order valence-corrected chi connectivity index (χ1v) is 10.3. The summed E-state index contributed by atoms with van der Waals surface area (Å²) in [5.41, 5.74) is 3.31. The highest BCUT2D eigenvalue weighted by atomic mass is 19.1. The Morgan fingerprint density at radius 1 is 1.13 bits per heavy atom. The number of nitrogens with zero attached hydrogens (tertiary/aromatic N) is 4. The Balaban J connectivity index is 1.54. The number of piperidine rings is 1. The molecule has 31 heavy (non-hydrogen) atoms. The van der Waals surface area contributed by atoms with Crippen LogP contribution >= 0.6 is 0 Å². The number of fused-ring (bicyclic) bond motifs is 1. The van der Waals surface area contributed by atoms with E-state index < -0.39 is 0 Å². The summed E-state index contributed by atoms with van der Waals surface area (Å²) in [6.07, 6.45) is 6.04. The third-order valence-electron chi connectivity index (χ3n) is 5.90. The highest BCUT2D eigenvalue weighted by Gasteiger charge is 2.32. The fourth-order valence-corrected chi connectivity index (χ4v) is 4.30. The Kier molecular flexibility index (Phi) is 4.94. The molecule has 4 aromatic rings. The van der Waals surface area contributed by atoms with Gasteiger partial charge in [-0.05, 0) is 44.0 Å². The Hall–Kier alpha value is -3.61. The maximum absolute atomic E-state index is 13.6. The van der Waals surface area contributed by atoms with Crippen molar-refractivity contribution < 1.29 is 13.6 Å². The van der Waals surface area contributed by atoms with Crippen LogP contribution in [0.3, 0.4) is 0 Å². The van der Waals surface area contributed by atoms with Crippen molar-refractivity contribution in [3.05, 3.63) is 72.1 Å². The number of carbonyl (C=O) groups is 1. The van der Waals surface area contributed by atoms with Crippen LogP contribution in [0.5, 0.6) is 0 Å². The summed E-state index contributed by atoms with van der Waals surface area (Å²) in [7, 11) is 0. The standard InChI is InChI=1S/C24H21FN4O2/c1-15-6-7-16(24-28-19-12-18(25)8-9-21(19)31-24)13-29(15)20-5-2-4-17(14-30)22(20)23-26-10-3-11-27-23/h2-5,8-12,14-16H,6-7,13H2,1H3/t15-,16-/m1/s1. The molecule has 2 atom stereocenters. The molecular weight excluding hydrogens is 395 g/mol. The van der Waals surface area contributed by atoms with Crippen LogP contribution in [0, 0.1) is 5.82 Å². The molecule has 1 saturated heterocycles. The molecular formula is C24H21FN4O2. The summed E-state index contributed by atoms with van der Waals surface area (Å²) in [4.78, 5) is 27.4. The van der Waals surface area contributed by atoms with Crippen LogP contribution in [0.2, 0.25) is 0 Å². The SMILES string of the molecule is C[C@@H]1CC[C@@H](c2nc3cc(F)ccc3o2)CN1c1cccc(C=O)c1-c1ncccn1. The molecule has 0 bridgehead atoms. The number of halogens is 1. The summed E-state index contributed by atoms with van der Waals surface area (Å²) in [6.45, 7) is 2.83. The molecule has 0 N–H and O–H groups in total. The number of oxazole rings is 1. The van der Waals surface area contributed by atoms with Gasteiger partial charge in [-0.15, -0.1) is 0 Å². The van der Waals surface area contributed by atoms with Gasteiger partial charge in [-0.3, -0.25) is 4.79 Å². The highest BCUT2D eigenvalue weighted by Crippen LogP contribution is 2.39. The Bertz CT molecular complexity index is 1240. The number of anilines is 1. The first kappa shape index (κ1) is 19.4. The molecule has 0 unspecified atom stereocenters. The van der Waals surface area contributed by atoms with Gasteiger partial charge in [0.05, 0.1) is 11.5 Å². The lowest BCUT2D eigenvalue weighted by Crippen LogP contribution is -2.41. The van der Waals surface area contributed by atoms with Gasteiger partial charge in [-0.1, -0.05) is 12.1 Å². The van der Waals surface area contributed by atoms with Crippen molar-refractivity contribution in [1.82, 2.24) is 15.0 Å². The van der Waals surface area contributed by atoms with E-state index in [9.17, 15) is 9.18 Å². The number of aromatic nitrogens is 3. The molecule has 7 heteroatoms. The number of benzene rings is 2. The third-order valence-corrected chi connectivity index (χ3v) is 5.90. The van der Waals surface area contributed by atoms with Gasteiger partial charge in [0.25, 0.3) is 0 Å².